The fourth-order valence-corrected chi connectivity index (χ4v) is 5.08. The minimum atomic E-state index is -0.463. The monoisotopic (exact) mass is 540 g/mol. The second-order valence-electron chi connectivity index (χ2n) is 9.67. The fourth-order valence-electron chi connectivity index (χ4n) is 5.08. The van der Waals surface area contributed by atoms with E-state index in [0.29, 0.717) is 74.7 Å². The number of urea groups is 1. The molecule has 5 rings (SSSR count). The third-order valence-electron chi connectivity index (χ3n) is 7.22. The number of hydrogen-bond acceptors (Lipinski definition) is 10. The number of anilines is 3. The van der Waals surface area contributed by atoms with E-state index in [1.54, 1.807) is 18.1 Å². The van der Waals surface area contributed by atoms with Crippen LogP contribution in [0.3, 0.4) is 0 Å². The van der Waals surface area contributed by atoms with Gasteiger partial charge in [0.05, 0.1) is 25.1 Å². The lowest BCUT2D eigenvalue weighted by molar-refractivity contribution is -0.136. The van der Waals surface area contributed by atoms with Gasteiger partial charge in [0, 0.05) is 51.9 Å². The van der Waals surface area contributed by atoms with E-state index in [4.69, 9.17) is 24.7 Å². The lowest BCUT2D eigenvalue weighted by atomic mass is 10.0. The summed E-state index contributed by atoms with van der Waals surface area (Å²) >= 11 is 0. The normalized spacial score (nSPS) is 22.6. The highest BCUT2D eigenvalue weighted by atomic mass is 16.6. The molecule has 3 aliphatic heterocycles. The summed E-state index contributed by atoms with van der Waals surface area (Å²) in [5, 5.41) is 2.78. The Morgan fingerprint density at radius 3 is 2.79 bits per heavy atom. The molecule has 0 aromatic carbocycles. The number of hydrogen-bond donors (Lipinski definition) is 2. The molecule has 0 unspecified atom stereocenters. The van der Waals surface area contributed by atoms with Crippen LogP contribution in [0, 0.1) is 0 Å². The van der Waals surface area contributed by atoms with E-state index in [0.717, 1.165) is 5.56 Å². The van der Waals surface area contributed by atoms with Crippen molar-refractivity contribution < 1.29 is 33.3 Å². The molecule has 2 fully saturated rings. The van der Waals surface area contributed by atoms with Crippen molar-refractivity contribution in [2.45, 2.75) is 44.1 Å². The van der Waals surface area contributed by atoms with Gasteiger partial charge in [0.25, 0.3) is 5.91 Å². The van der Waals surface area contributed by atoms with Gasteiger partial charge in [0.15, 0.2) is 12.4 Å². The molecule has 39 heavy (non-hydrogen) atoms. The van der Waals surface area contributed by atoms with Crippen LogP contribution < -0.4 is 20.7 Å². The third-order valence-corrected chi connectivity index (χ3v) is 7.22. The lowest BCUT2D eigenvalue weighted by Gasteiger charge is -2.29. The van der Waals surface area contributed by atoms with Gasteiger partial charge in [-0.3, -0.25) is 19.8 Å². The molecule has 0 spiro atoms. The summed E-state index contributed by atoms with van der Waals surface area (Å²) in [5.41, 5.74) is 8.03. The molecule has 13 nitrogen and oxygen atoms in total. The van der Waals surface area contributed by atoms with Crippen LogP contribution in [-0.4, -0.2) is 91.9 Å². The van der Waals surface area contributed by atoms with Crippen molar-refractivity contribution in [1.29, 1.82) is 0 Å². The molecule has 3 aliphatic rings. The Morgan fingerprint density at radius 1 is 1.23 bits per heavy atom. The third kappa shape index (κ3) is 5.51. The first-order valence-corrected chi connectivity index (χ1v) is 12.8. The van der Waals surface area contributed by atoms with Gasteiger partial charge in [-0.2, -0.15) is 0 Å². The molecule has 3 atom stereocenters. The molecule has 0 aliphatic carbocycles. The average molecular weight is 541 g/mol. The molecule has 0 bridgehead atoms. The number of ether oxygens (including phenoxy) is 4. The number of nitrogens with two attached hydrogens (primary N) is 1. The topological polar surface area (TPSA) is 158 Å². The number of nitrogens with one attached hydrogen (secondary N) is 1. The Balaban J connectivity index is 1.32. The first-order chi connectivity index (χ1) is 18.9. The van der Waals surface area contributed by atoms with Gasteiger partial charge in [-0.25, -0.2) is 14.8 Å². The van der Waals surface area contributed by atoms with Crippen LogP contribution in [0.4, 0.5) is 22.1 Å². The van der Waals surface area contributed by atoms with Crippen molar-refractivity contribution in [3.8, 4) is 5.75 Å². The van der Waals surface area contributed by atoms with E-state index in [-0.39, 0.29) is 36.2 Å². The second-order valence-corrected chi connectivity index (χ2v) is 9.67. The number of fused-ring (bicyclic) bond motifs is 1. The van der Waals surface area contributed by atoms with Crippen molar-refractivity contribution in [3.05, 3.63) is 35.2 Å². The quantitative estimate of drug-likeness (QED) is 0.469. The molecular formula is C26H32N6O7. The molecule has 13 heteroatoms. The minimum absolute atomic E-state index is 0.106. The molecule has 3 amide bonds. The zero-order chi connectivity index (χ0) is 27.5. The number of aryl methyl sites for hydroxylation is 1. The highest BCUT2D eigenvalue weighted by Gasteiger charge is 2.33. The summed E-state index contributed by atoms with van der Waals surface area (Å²) in [6.45, 7) is 1.99. The Hall–Kier alpha value is -3.81. The minimum Gasteiger partial charge on any atom is -0.483 e. The number of likely N-dealkylation sites (tertiary alicyclic amines) is 1. The molecule has 0 radical (unpaired) electrons. The van der Waals surface area contributed by atoms with Gasteiger partial charge in [0.2, 0.25) is 0 Å². The van der Waals surface area contributed by atoms with Crippen molar-refractivity contribution in [2.75, 3.05) is 56.5 Å². The number of amides is 3. The molecule has 2 aromatic rings. The molecular weight excluding hydrogens is 508 g/mol. The van der Waals surface area contributed by atoms with Crippen LogP contribution >= 0.6 is 0 Å². The van der Waals surface area contributed by atoms with E-state index in [9.17, 15) is 14.4 Å². The largest absolute Gasteiger partial charge is 0.483 e. The standard InChI is InChI=1S/C26H32N6O7/c1-36-19-5-7-31(25(19)34)11-16-8-15-4-3-6-32(24(15)29-18(16)12-33)26(35)30-23-9-20(17(27)10-28-23)39-22-14-38-13-21(22)37-2/h8-10,12,19,21-22H,3-7,11,13-14,27H2,1-2H3,(H,28,30,35)/t19-,21+,22+/m1/s1. The van der Waals surface area contributed by atoms with Gasteiger partial charge in [-0.1, -0.05) is 0 Å². The fraction of sp³-hybridized carbons (Fsp3) is 0.500. The average Bonchev–Trinajstić information content (AvgIpc) is 3.55. The first kappa shape index (κ1) is 26.8. The molecule has 5 heterocycles. The number of carbonyl (C=O) groups excluding carboxylic acids is 3. The zero-order valence-electron chi connectivity index (χ0n) is 21.9. The Morgan fingerprint density at radius 2 is 2.05 bits per heavy atom. The number of nitrogens with zero attached hydrogens (tertiary/aromatic N) is 4. The number of nitrogen functional groups attached to an aromatic ring is 1. The van der Waals surface area contributed by atoms with Crippen LogP contribution in [0.1, 0.15) is 34.5 Å². The van der Waals surface area contributed by atoms with E-state index >= 15 is 0 Å². The summed E-state index contributed by atoms with van der Waals surface area (Å²) in [5.74, 6) is 0.905. The molecule has 2 saturated heterocycles. The number of methoxy groups -OCH3 is 2. The second kappa shape index (κ2) is 11.5. The number of aromatic nitrogens is 2. The first-order valence-electron chi connectivity index (χ1n) is 12.8. The van der Waals surface area contributed by atoms with Crippen molar-refractivity contribution in [1.82, 2.24) is 14.9 Å². The van der Waals surface area contributed by atoms with Gasteiger partial charge >= 0.3 is 6.03 Å². The van der Waals surface area contributed by atoms with E-state index in [2.05, 4.69) is 15.3 Å². The molecule has 3 N–H and O–H groups in total. The summed E-state index contributed by atoms with van der Waals surface area (Å²) in [4.78, 5) is 49.7. The summed E-state index contributed by atoms with van der Waals surface area (Å²) in [7, 11) is 3.10. The SMILES string of the molecule is CO[C@H]1COC[C@@H]1Oc1cc(NC(=O)N2CCCc3cc(CN4CC[C@@H](OC)C4=O)c(C=O)nc32)ncc1N. The van der Waals surface area contributed by atoms with Crippen LogP contribution in [0.15, 0.2) is 18.3 Å². The highest BCUT2D eigenvalue weighted by Crippen LogP contribution is 2.31. The van der Waals surface area contributed by atoms with Crippen LogP contribution in [-0.2, 0) is 32.0 Å². The smallest absolute Gasteiger partial charge is 0.328 e. The van der Waals surface area contributed by atoms with Gasteiger partial charge in [0.1, 0.15) is 35.3 Å². The maximum absolute atomic E-state index is 13.3. The number of rotatable bonds is 8. The number of pyridine rings is 2. The predicted molar refractivity (Wildman–Crippen MR) is 140 cm³/mol. The Bertz CT molecular complexity index is 1260. The summed E-state index contributed by atoms with van der Waals surface area (Å²) < 4.78 is 22.0. The summed E-state index contributed by atoms with van der Waals surface area (Å²) in [6, 6.07) is 2.96. The Labute approximate surface area is 225 Å². The van der Waals surface area contributed by atoms with Gasteiger partial charge < -0.3 is 29.6 Å². The highest BCUT2D eigenvalue weighted by molar-refractivity contribution is 6.01. The van der Waals surface area contributed by atoms with Crippen LogP contribution in [0.5, 0.6) is 5.75 Å². The Kier molecular flexibility index (Phi) is 7.91. The zero-order valence-corrected chi connectivity index (χ0v) is 21.9. The maximum atomic E-state index is 13.3. The van der Waals surface area contributed by atoms with E-state index < -0.39 is 12.1 Å². The lowest BCUT2D eigenvalue weighted by Crippen LogP contribution is -2.40. The maximum Gasteiger partial charge on any atom is 0.328 e. The molecule has 2 aromatic heterocycles. The van der Waals surface area contributed by atoms with Crippen LogP contribution in [0.25, 0.3) is 0 Å². The van der Waals surface area contributed by atoms with Gasteiger partial charge in [-0.15, -0.1) is 0 Å². The summed E-state index contributed by atoms with van der Waals surface area (Å²) in [6.07, 6.45) is 3.04. The number of aldehydes is 1. The predicted octanol–water partition coefficient (Wildman–Crippen LogP) is 1.40. The molecule has 0 saturated carbocycles. The van der Waals surface area contributed by atoms with E-state index in [1.807, 2.05) is 6.07 Å². The van der Waals surface area contributed by atoms with E-state index in [1.165, 1.54) is 18.2 Å². The van der Waals surface area contributed by atoms with Gasteiger partial charge in [-0.05, 0) is 24.5 Å². The van der Waals surface area contributed by atoms with Crippen molar-refractivity contribution in [2.24, 2.45) is 0 Å². The van der Waals surface area contributed by atoms with Crippen molar-refractivity contribution >= 4 is 35.5 Å². The number of carbonyl (C=O) groups is 3. The van der Waals surface area contributed by atoms with Crippen molar-refractivity contribution in [3.63, 3.8) is 0 Å². The molecule has 208 valence electrons. The van der Waals surface area contributed by atoms with Crippen LogP contribution in [0.2, 0.25) is 0 Å².